The molecule has 1 aliphatic rings. The van der Waals surface area contributed by atoms with Gasteiger partial charge < -0.3 is 0 Å². The molecule has 6 nitrogen and oxygen atoms in total. The summed E-state index contributed by atoms with van der Waals surface area (Å²) in [5.74, 6) is 0.741. The lowest BCUT2D eigenvalue weighted by Gasteiger charge is -2.15. The van der Waals surface area contributed by atoms with E-state index in [1.807, 2.05) is 0 Å². The van der Waals surface area contributed by atoms with E-state index in [-0.39, 0.29) is 17.7 Å². The number of anilines is 1. The number of benzene rings is 1. The molecule has 0 spiro atoms. The van der Waals surface area contributed by atoms with Crippen molar-refractivity contribution in [2.75, 3.05) is 16.4 Å². The number of amides is 1. The molecule has 1 amide bonds. The molecule has 1 fully saturated rings. The normalized spacial score (nSPS) is 14.4. The van der Waals surface area contributed by atoms with Crippen molar-refractivity contribution < 1.29 is 13.2 Å². The van der Waals surface area contributed by atoms with Crippen molar-refractivity contribution in [3.63, 3.8) is 0 Å². The van der Waals surface area contributed by atoms with Gasteiger partial charge in [0.2, 0.25) is 11.0 Å². The van der Waals surface area contributed by atoms with Crippen molar-refractivity contribution in [2.45, 2.75) is 41.5 Å². The summed E-state index contributed by atoms with van der Waals surface area (Å²) in [6, 6.07) is 8.75. The molecule has 9 heteroatoms. The molecule has 0 bridgehead atoms. The van der Waals surface area contributed by atoms with Gasteiger partial charge in [-0.05, 0) is 31.4 Å². The van der Waals surface area contributed by atoms with Gasteiger partial charge in [0, 0.05) is 18.7 Å². The molecule has 1 aromatic carbocycles. The minimum absolute atomic E-state index is 0.0100. The molecule has 3 rings (SSSR count). The first-order valence-electron chi connectivity index (χ1n) is 8.01. The first-order valence-corrected chi connectivity index (χ1v) is 11.5. The lowest BCUT2D eigenvalue weighted by molar-refractivity contribution is -0.116. The maximum Gasteiger partial charge on any atom is 0.225 e. The van der Waals surface area contributed by atoms with E-state index < -0.39 is 9.84 Å². The molecule has 1 heterocycles. The number of hydrogen-bond acceptors (Lipinski definition) is 7. The molecule has 0 atom stereocenters. The van der Waals surface area contributed by atoms with Crippen LogP contribution >= 0.6 is 23.1 Å². The molecule has 134 valence electrons. The van der Waals surface area contributed by atoms with Crippen LogP contribution < -0.4 is 4.90 Å². The Kier molecular flexibility index (Phi) is 5.75. The SMILES string of the molecule is CC(=O)N(c1nnc(SCCCS(=O)(=O)c2ccccc2)s1)C1CC1. The van der Waals surface area contributed by atoms with Crippen LogP contribution in [0.3, 0.4) is 0 Å². The molecule has 0 unspecified atom stereocenters. The third kappa shape index (κ3) is 4.80. The van der Waals surface area contributed by atoms with E-state index in [1.165, 1.54) is 23.1 Å². The van der Waals surface area contributed by atoms with Gasteiger partial charge in [0.15, 0.2) is 14.2 Å². The van der Waals surface area contributed by atoms with Crippen molar-refractivity contribution in [2.24, 2.45) is 0 Å². The van der Waals surface area contributed by atoms with Crippen LogP contribution in [0, 0.1) is 0 Å². The number of thioether (sulfide) groups is 1. The van der Waals surface area contributed by atoms with Gasteiger partial charge >= 0.3 is 0 Å². The monoisotopic (exact) mass is 397 g/mol. The van der Waals surface area contributed by atoms with E-state index >= 15 is 0 Å². The van der Waals surface area contributed by atoms with E-state index in [4.69, 9.17) is 0 Å². The maximum atomic E-state index is 12.2. The summed E-state index contributed by atoms with van der Waals surface area (Å²) in [6.07, 6.45) is 2.56. The van der Waals surface area contributed by atoms with Crippen LogP contribution in [0.5, 0.6) is 0 Å². The molecule has 0 N–H and O–H groups in total. The summed E-state index contributed by atoms with van der Waals surface area (Å²) in [5.41, 5.74) is 0. The molecule has 1 aromatic heterocycles. The summed E-state index contributed by atoms with van der Waals surface area (Å²) in [6.45, 7) is 1.54. The quantitative estimate of drug-likeness (QED) is 0.387. The van der Waals surface area contributed by atoms with Gasteiger partial charge in [0.05, 0.1) is 10.6 Å². The first kappa shape index (κ1) is 18.3. The molecule has 1 saturated carbocycles. The number of rotatable bonds is 8. The average Bonchev–Trinajstić information content (AvgIpc) is 3.30. The lowest BCUT2D eigenvalue weighted by Crippen LogP contribution is -2.30. The van der Waals surface area contributed by atoms with Crippen LogP contribution in [0.2, 0.25) is 0 Å². The van der Waals surface area contributed by atoms with Crippen LogP contribution in [-0.2, 0) is 14.6 Å². The summed E-state index contributed by atoms with van der Waals surface area (Å²) >= 11 is 2.87. The van der Waals surface area contributed by atoms with Gasteiger partial charge in [0.25, 0.3) is 0 Å². The van der Waals surface area contributed by atoms with E-state index in [0.717, 1.165) is 17.2 Å². The van der Waals surface area contributed by atoms with Crippen molar-refractivity contribution in [3.05, 3.63) is 30.3 Å². The Morgan fingerprint density at radius 3 is 2.64 bits per heavy atom. The molecule has 25 heavy (non-hydrogen) atoms. The highest BCUT2D eigenvalue weighted by atomic mass is 32.2. The minimum atomic E-state index is -3.24. The topological polar surface area (TPSA) is 80.2 Å². The van der Waals surface area contributed by atoms with Gasteiger partial charge in [-0.2, -0.15) is 0 Å². The third-order valence-electron chi connectivity index (χ3n) is 3.74. The first-order chi connectivity index (χ1) is 12.0. The number of carbonyl (C=O) groups is 1. The molecule has 2 aromatic rings. The van der Waals surface area contributed by atoms with Crippen molar-refractivity contribution >= 4 is 44.0 Å². The molecule has 1 aliphatic carbocycles. The Hall–Kier alpha value is -1.45. The largest absolute Gasteiger partial charge is 0.284 e. The maximum absolute atomic E-state index is 12.2. The third-order valence-corrected chi connectivity index (χ3v) is 7.70. The summed E-state index contributed by atoms with van der Waals surface area (Å²) in [5, 5.41) is 8.85. The zero-order chi connectivity index (χ0) is 17.9. The average molecular weight is 398 g/mol. The number of carbonyl (C=O) groups excluding carboxylic acids is 1. The van der Waals surface area contributed by atoms with Crippen LogP contribution in [0.1, 0.15) is 26.2 Å². The molecule has 0 aliphatic heterocycles. The van der Waals surface area contributed by atoms with Crippen LogP contribution in [0.4, 0.5) is 5.13 Å². The predicted octanol–water partition coefficient (Wildman–Crippen LogP) is 3.01. The zero-order valence-electron chi connectivity index (χ0n) is 13.8. The number of hydrogen-bond donors (Lipinski definition) is 0. The Bertz CT molecular complexity index is 833. The molecule has 0 radical (unpaired) electrons. The van der Waals surface area contributed by atoms with E-state index in [0.29, 0.717) is 22.2 Å². The van der Waals surface area contributed by atoms with Gasteiger partial charge in [-0.1, -0.05) is 41.3 Å². The molecular formula is C16H19N3O3S3. The van der Waals surface area contributed by atoms with Gasteiger partial charge in [-0.25, -0.2) is 8.42 Å². The van der Waals surface area contributed by atoms with Crippen molar-refractivity contribution in [1.29, 1.82) is 0 Å². The predicted molar refractivity (Wildman–Crippen MR) is 99.9 cm³/mol. The van der Waals surface area contributed by atoms with Gasteiger partial charge in [-0.3, -0.25) is 9.69 Å². The fraction of sp³-hybridized carbons (Fsp3) is 0.438. The highest BCUT2D eigenvalue weighted by Crippen LogP contribution is 2.35. The number of sulfone groups is 1. The summed E-state index contributed by atoms with van der Waals surface area (Å²) in [4.78, 5) is 13.8. The van der Waals surface area contributed by atoms with Crippen LogP contribution in [0.25, 0.3) is 0 Å². The summed E-state index contributed by atoms with van der Waals surface area (Å²) in [7, 11) is -3.24. The van der Waals surface area contributed by atoms with E-state index in [2.05, 4.69) is 10.2 Å². The van der Waals surface area contributed by atoms with Crippen LogP contribution in [0.15, 0.2) is 39.6 Å². The van der Waals surface area contributed by atoms with E-state index in [1.54, 1.807) is 42.2 Å². The second kappa shape index (κ2) is 7.84. The standard InChI is InChI=1S/C16H19N3O3S3/c1-12(20)19(13-8-9-13)15-17-18-16(24-15)23-10-5-11-25(21,22)14-6-3-2-4-7-14/h2-4,6-7,13H,5,8-11H2,1H3. The Labute approximate surface area is 155 Å². The number of nitrogens with zero attached hydrogens (tertiary/aromatic N) is 3. The van der Waals surface area contributed by atoms with Crippen LogP contribution in [-0.4, -0.2) is 42.1 Å². The number of aromatic nitrogens is 2. The van der Waals surface area contributed by atoms with Crippen molar-refractivity contribution in [3.8, 4) is 0 Å². The Balaban J connectivity index is 1.51. The zero-order valence-corrected chi connectivity index (χ0v) is 16.2. The fourth-order valence-corrected chi connectivity index (χ4v) is 5.87. The second-order valence-corrected chi connectivity index (χ2v) is 10.2. The Morgan fingerprint density at radius 2 is 2.00 bits per heavy atom. The van der Waals surface area contributed by atoms with Gasteiger partial charge in [0.1, 0.15) is 0 Å². The second-order valence-electron chi connectivity index (χ2n) is 5.80. The molecular weight excluding hydrogens is 378 g/mol. The molecule has 0 saturated heterocycles. The smallest absolute Gasteiger partial charge is 0.225 e. The highest BCUT2D eigenvalue weighted by molar-refractivity contribution is 8.01. The minimum Gasteiger partial charge on any atom is -0.284 e. The Morgan fingerprint density at radius 1 is 1.28 bits per heavy atom. The lowest BCUT2D eigenvalue weighted by atomic mass is 10.4. The van der Waals surface area contributed by atoms with Crippen molar-refractivity contribution in [1.82, 2.24) is 10.2 Å². The summed E-state index contributed by atoms with van der Waals surface area (Å²) < 4.78 is 25.2. The fourth-order valence-electron chi connectivity index (χ4n) is 2.39. The van der Waals surface area contributed by atoms with E-state index in [9.17, 15) is 13.2 Å². The highest BCUT2D eigenvalue weighted by Gasteiger charge is 2.34. The van der Waals surface area contributed by atoms with Gasteiger partial charge in [-0.15, -0.1) is 10.2 Å².